The molecule has 22 heavy (non-hydrogen) atoms. The van der Waals surface area contributed by atoms with Crippen LogP contribution in [0, 0.1) is 10.1 Å². The standard InChI is InChI=1S/C14H8F3NO4/c15-14(16,17)11-6-9(8-4-2-1-3-5-8)10(13(19)20)7-12(11)18(21)22/h1-7H,(H,19,20). The fourth-order valence-corrected chi connectivity index (χ4v) is 2.00. The van der Waals surface area contributed by atoms with Crippen molar-refractivity contribution in [1.29, 1.82) is 0 Å². The van der Waals surface area contributed by atoms with Crippen molar-refractivity contribution in [2.24, 2.45) is 0 Å². The lowest BCUT2D eigenvalue weighted by atomic mass is 9.95. The van der Waals surface area contributed by atoms with E-state index < -0.39 is 33.9 Å². The number of carboxylic acids is 1. The molecule has 0 saturated carbocycles. The summed E-state index contributed by atoms with van der Waals surface area (Å²) in [5, 5.41) is 19.9. The van der Waals surface area contributed by atoms with Gasteiger partial charge in [-0.25, -0.2) is 4.79 Å². The van der Waals surface area contributed by atoms with Crippen LogP contribution < -0.4 is 0 Å². The average molecular weight is 311 g/mol. The summed E-state index contributed by atoms with van der Waals surface area (Å²) in [6.07, 6.45) is -4.97. The van der Waals surface area contributed by atoms with Gasteiger partial charge in [0.25, 0.3) is 5.69 Å². The molecule has 5 nitrogen and oxygen atoms in total. The lowest BCUT2D eigenvalue weighted by Gasteiger charge is -2.12. The Balaban J connectivity index is 2.83. The largest absolute Gasteiger partial charge is 0.478 e. The van der Waals surface area contributed by atoms with Crippen molar-refractivity contribution >= 4 is 11.7 Å². The fraction of sp³-hybridized carbons (Fsp3) is 0.0714. The zero-order valence-corrected chi connectivity index (χ0v) is 10.8. The molecule has 0 aliphatic rings. The first-order valence-electron chi connectivity index (χ1n) is 5.90. The van der Waals surface area contributed by atoms with E-state index in [1.54, 1.807) is 6.07 Å². The molecule has 2 aromatic carbocycles. The van der Waals surface area contributed by atoms with E-state index in [0.717, 1.165) is 0 Å². The molecule has 1 N–H and O–H groups in total. The number of hydrogen-bond acceptors (Lipinski definition) is 3. The van der Waals surface area contributed by atoms with Crippen LogP contribution >= 0.6 is 0 Å². The number of aromatic carboxylic acids is 1. The van der Waals surface area contributed by atoms with E-state index in [0.29, 0.717) is 12.1 Å². The topological polar surface area (TPSA) is 80.4 Å². The fourth-order valence-electron chi connectivity index (χ4n) is 2.00. The van der Waals surface area contributed by atoms with Crippen molar-refractivity contribution in [2.75, 3.05) is 0 Å². The highest BCUT2D eigenvalue weighted by atomic mass is 19.4. The molecule has 0 aliphatic heterocycles. The molecule has 0 heterocycles. The Labute approximate surface area is 121 Å². The maximum atomic E-state index is 13.0. The van der Waals surface area contributed by atoms with Crippen LogP contribution in [-0.2, 0) is 6.18 Å². The SMILES string of the molecule is O=C(O)c1cc([N+](=O)[O-])c(C(F)(F)F)cc1-c1ccccc1. The van der Waals surface area contributed by atoms with Gasteiger partial charge < -0.3 is 5.11 Å². The van der Waals surface area contributed by atoms with E-state index >= 15 is 0 Å². The number of halogens is 3. The average Bonchev–Trinajstić information content (AvgIpc) is 2.45. The minimum atomic E-state index is -4.97. The second-order valence-electron chi connectivity index (χ2n) is 4.34. The summed E-state index contributed by atoms with van der Waals surface area (Å²) in [6, 6.07) is 8.44. The molecule has 0 aromatic heterocycles. The van der Waals surface area contributed by atoms with E-state index in [1.807, 2.05) is 0 Å². The van der Waals surface area contributed by atoms with Crippen molar-refractivity contribution in [1.82, 2.24) is 0 Å². The highest BCUT2D eigenvalue weighted by Gasteiger charge is 2.39. The Morgan fingerprint density at radius 1 is 1.14 bits per heavy atom. The number of alkyl halides is 3. The van der Waals surface area contributed by atoms with Crippen molar-refractivity contribution in [2.45, 2.75) is 6.18 Å². The van der Waals surface area contributed by atoms with E-state index in [9.17, 15) is 28.1 Å². The van der Waals surface area contributed by atoms with Gasteiger partial charge in [-0.3, -0.25) is 10.1 Å². The van der Waals surface area contributed by atoms with Gasteiger partial charge in [0.1, 0.15) is 5.56 Å². The number of nitrogens with zero attached hydrogens (tertiary/aromatic N) is 1. The molecule has 0 atom stereocenters. The highest BCUT2D eigenvalue weighted by molar-refractivity contribution is 5.97. The molecule has 0 fully saturated rings. The van der Waals surface area contributed by atoms with Gasteiger partial charge in [0.2, 0.25) is 0 Å². The third-order valence-corrected chi connectivity index (χ3v) is 2.95. The summed E-state index contributed by atoms with van der Waals surface area (Å²) in [5.41, 5.74) is -3.34. The zero-order valence-electron chi connectivity index (χ0n) is 10.8. The molecule has 2 rings (SSSR count). The first-order chi connectivity index (χ1) is 10.2. The molecule has 0 saturated heterocycles. The molecule has 0 spiro atoms. The van der Waals surface area contributed by atoms with E-state index in [2.05, 4.69) is 0 Å². The summed E-state index contributed by atoms with van der Waals surface area (Å²) in [4.78, 5) is 20.8. The number of rotatable bonds is 3. The molecular weight excluding hydrogens is 303 g/mol. The third-order valence-electron chi connectivity index (χ3n) is 2.95. The summed E-state index contributed by atoms with van der Waals surface area (Å²) in [5.74, 6) is -1.55. The predicted octanol–water partition coefficient (Wildman–Crippen LogP) is 3.98. The Kier molecular flexibility index (Phi) is 3.85. The van der Waals surface area contributed by atoms with Gasteiger partial charge in [0.05, 0.1) is 10.5 Å². The Morgan fingerprint density at radius 3 is 2.18 bits per heavy atom. The molecule has 0 amide bonds. The van der Waals surface area contributed by atoms with Crippen LogP contribution in [0.2, 0.25) is 0 Å². The van der Waals surface area contributed by atoms with Crippen LogP contribution in [0.4, 0.5) is 18.9 Å². The van der Waals surface area contributed by atoms with E-state index in [-0.39, 0.29) is 11.1 Å². The maximum absolute atomic E-state index is 13.0. The number of nitro benzene ring substituents is 1. The van der Waals surface area contributed by atoms with Crippen LogP contribution in [0.5, 0.6) is 0 Å². The lowest BCUT2D eigenvalue weighted by Crippen LogP contribution is -2.12. The monoisotopic (exact) mass is 311 g/mol. The number of nitro groups is 1. The van der Waals surface area contributed by atoms with E-state index in [1.165, 1.54) is 24.3 Å². The Morgan fingerprint density at radius 2 is 1.73 bits per heavy atom. The molecule has 2 aromatic rings. The second-order valence-corrected chi connectivity index (χ2v) is 4.34. The summed E-state index contributed by atoms with van der Waals surface area (Å²) in [7, 11) is 0. The molecule has 0 aliphatic carbocycles. The van der Waals surface area contributed by atoms with Crippen LogP contribution in [0.3, 0.4) is 0 Å². The van der Waals surface area contributed by atoms with Crippen LogP contribution in [0.15, 0.2) is 42.5 Å². The first-order valence-corrected chi connectivity index (χ1v) is 5.90. The lowest BCUT2D eigenvalue weighted by molar-refractivity contribution is -0.388. The van der Waals surface area contributed by atoms with Gasteiger partial charge in [-0.05, 0) is 17.2 Å². The van der Waals surface area contributed by atoms with Crippen molar-refractivity contribution in [3.05, 3.63) is 63.7 Å². The van der Waals surface area contributed by atoms with Crippen LogP contribution in [0.25, 0.3) is 11.1 Å². The summed E-state index contributed by atoms with van der Waals surface area (Å²) >= 11 is 0. The second kappa shape index (κ2) is 5.47. The molecule has 114 valence electrons. The van der Waals surface area contributed by atoms with E-state index in [4.69, 9.17) is 5.11 Å². The molecule has 0 bridgehead atoms. The van der Waals surface area contributed by atoms with Gasteiger partial charge in [0, 0.05) is 6.07 Å². The van der Waals surface area contributed by atoms with Crippen LogP contribution in [0.1, 0.15) is 15.9 Å². The van der Waals surface area contributed by atoms with Gasteiger partial charge >= 0.3 is 12.1 Å². The normalized spacial score (nSPS) is 11.2. The summed E-state index contributed by atoms with van der Waals surface area (Å²) in [6.45, 7) is 0. The minimum absolute atomic E-state index is 0.222. The van der Waals surface area contributed by atoms with Gasteiger partial charge in [0.15, 0.2) is 0 Å². The number of carboxylic acid groups (broad SMARTS) is 1. The Hall–Kier alpha value is -2.90. The zero-order chi connectivity index (χ0) is 16.5. The van der Waals surface area contributed by atoms with Gasteiger partial charge in [-0.1, -0.05) is 30.3 Å². The minimum Gasteiger partial charge on any atom is -0.478 e. The predicted molar refractivity (Wildman–Crippen MR) is 70.5 cm³/mol. The highest BCUT2D eigenvalue weighted by Crippen LogP contribution is 2.40. The Bertz CT molecular complexity index is 742. The first kappa shape index (κ1) is 15.5. The van der Waals surface area contributed by atoms with Gasteiger partial charge in [-0.2, -0.15) is 13.2 Å². The molecule has 0 unspecified atom stereocenters. The number of carbonyl (C=O) groups is 1. The molecule has 8 heteroatoms. The van der Waals surface area contributed by atoms with Crippen molar-refractivity contribution < 1.29 is 28.0 Å². The van der Waals surface area contributed by atoms with Crippen molar-refractivity contribution in [3.63, 3.8) is 0 Å². The van der Waals surface area contributed by atoms with Crippen LogP contribution in [-0.4, -0.2) is 16.0 Å². The van der Waals surface area contributed by atoms with Gasteiger partial charge in [-0.15, -0.1) is 0 Å². The molecular formula is C14H8F3NO4. The summed E-state index contributed by atoms with van der Waals surface area (Å²) < 4.78 is 39.0. The maximum Gasteiger partial charge on any atom is 0.423 e. The quantitative estimate of drug-likeness (QED) is 0.686. The van der Waals surface area contributed by atoms with Crippen molar-refractivity contribution in [3.8, 4) is 11.1 Å². The molecule has 0 radical (unpaired) electrons. The smallest absolute Gasteiger partial charge is 0.423 e. The third kappa shape index (κ3) is 2.90. The number of benzene rings is 2. The number of hydrogen-bond donors (Lipinski definition) is 1.